The fourth-order valence-electron chi connectivity index (χ4n) is 4.57. The van der Waals surface area contributed by atoms with Gasteiger partial charge in [0.15, 0.2) is 0 Å². The molecule has 8 heteroatoms. The fraction of sp³-hybridized carbons (Fsp3) is 0.208. The molecule has 0 unspecified atom stereocenters. The summed E-state index contributed by atoms with van der Waals surface area (Å²) in [6, 6.07) is 12.1. The molecule has 5 heterocycles. The van der Waals surface area contributed by atoms with Gasteiger partial charge in [-0.2, -0.15) is 0 Å². The van der Waals surface area contributed by atoms with E-state index in [0.717, 1.165) is 65.1 Å². The van der Waals surface area contributed by atoms with Gasteiger partial charge in [-0.1, -0.05) is 0 Å². The van der Waals surface area contributed by atoms with Gasteiger partial charge < -0.3 is 25.2 Å². The number of nitrogens with zero attached hydrogens (tertiary/aromatic N) is 3. The van der Waals surface area contributed by atoms with Crippen molar-refractivity contribution < 1.29 is 0 Å². The Morgan fingerprint density at radius 3 is 2.81 bits per heavy atom. The number of aromatic nitrogens is 5. The maximum absolute atomic E-state index is 12.7. The predicted octanol–water partition coefficient (Wildman–Crippen LogP) is 3.18. The maximum atomic E-state index is 12.7. The molecule has 0 radical (unpaired) electrons. The van der Waals surface area contributed by atoms with E-state index in [0.29, 0.717) is 11.4 Å². The molecule has 5 aromatic rings. The second-order valence-electron chi connectivity index (χ2n) is 8.18. The van der Waals surface area contributed by atoms with E-state index >= 15 is 0 Å². The molecule has 1 fully saturated rings. The van der Waals surface area contributed by atoms with E-state index < -0.39 is 0 Å². The third-order valence-electron chi connectivity index (χ3n) is 6.15. The second kappa shape index (κ2) is 7.35. The van der Waals surface area contributed by atoms with Crippen LogP contribution >= 0.6 is 0 Å². The van der Waals surface area contributed by atoms with Crippen molar-refractivity contribution >= 4 is 27.8 Å². The lowest BCUT2D eigenvalue weighted by molar-refractivity contribution is 0.589. The van der Waals surface area contributed by atoms with Gasteiger partial charge in [0, 0.05) is 66.5 Å². The smallest absolute Gasteiger partial charge is 0.259 e. The van der Waals surface area contributed by atoms with Crippen LogP contribution in [0.5, 0.6) is 0 Å². The van der Waals surface area contributed by atoms with Crippen LogP contribution in [0.3, 0.4) is 0 Å². The highest BCUT2D eigenvalue weighted by Gasteiger charge is 2.16. The summed E-state index contributed by atoms with van der Waals surface area (Å²) >= 11 is 0. The Morgan fingerprint density at radius 1 is 1.06 bits per heavy atom. The number of nitrogens with one attached hydrogen (secondary N) is 4. The quantitative estimate of drug-likeness (QED) is 0.355. The number of anilines is 1. The highest BCUT2D eigenvalue weighted by atomic mass is 16.1. The number of H-pyrrole nitrogens is 3. The molecule has 1 saturated heterocycles. The average molecular weight is 425 g/mol. The van der Waals surface area contributed by atoms with Gasteiger partial charge in [0.1, 0.15) is 11.5 Å². The number of pyridine rings is 2. The van der Waals surface area contributed by atoms with E-state index in [-0.39, 0.29) is 5.56 Å². The summed E-state index contributed by atoms with van der Waals surface area (Å²) in [5, 5.41) is 4.40. The zero-order chi connectivity index (χ0) is 21.7. The van der Waals surface area contributed by atoms with Crippen LogP contribution in [0.15, 0.2) is 53.6 Å². The first-order chi connectivity index (χ1) is 15.7. The molecule has 4 N–H and O–H groups in total. The number of aryl methyl sites for hydroxylation is 1. The number of fused-ring (bicyclic) bond motifs is 2. The van der Waals surface area contributed by atoms with E-state index in [1.807, 2.05) is 31.2 Å². The first-order valence-electron chi connectivity index (χ1n) is 10.8. The number of benzene rings is 1. The molecule has 1 aliphatic heterocycles. The van der Waals surface area contributed by atoms with Gasteiger partial charge in [-0.25, -0.2) is 9.97 Å². The highest BCUT2D eigenvalue weighted by Crippen LogP contribution is 2.32. The molecule has 0 saturated carbocycles. The minimum atomic E-state index is -0.175. The van der Waals surface area contributed by atoms with Crippen molar-refractivity contribution in [1.82, 2.24) is 30.2 Å². The molecule has 0 atom stereocenters. The van der Waals surface area contributed by atoms with Crippen LogP contribution in [-0.4, -0.2) is 51.1 Å². The summed E-state index contributed by atoms with van der Waals surface area (Å²) in [5.41, 5.74) is 7.05. The number of rotatable bonds is 3. The van der Waals surface area contributed by atoms with Gasteiger partial charge in [-0.05, 0) is 43.3 Å². The molecule has 0 aliphatic carbocycles. The zero-order valence-electron chi connectivity index (χ0n) is 17.7. The first-order valence-corrected chi connectivity index (χ1v) is 10.8. The van der Waals surface area contributed by atoms with E-state index in [4.69, 9.17) is 4.98 Å². The normalized spacial score (nSPS) is 14.5. The molecule has 0 spiro atoms. The van der Waals surface area contributed by atoms with E-state index in [2.05, 4.69) is 42.3 Å². The van der Waals surface area contributed by atoms with Crippen molar-refractivity contribution in [3.63, 3.8) is 0 Å². The van der Waals surface area contributed by atoms with Crippen molar-refractivity contribution in [2.24, 2.45) is 0 Å². The van der Waals surface area contributed by atoms with Crippen molar-refractivity contribution in [2.45, 2.75) is 6.92 Å². The molecule has 1 aliphatic rings. The summed E-state index contributed by atoms with van der Waals surface area (Å²) in [6.07, 6.45) is 3.52. The topological polar surface area (TPSA) is 105 Å². The Labute approximate surface area is 183 Å². The van der Waals surface area contributed by atoms with Crippen LogP contribution in [-0.2, 0) is 0 Å². The lowest BCUT2D eigenvalue weighted by Crippen LogP contribution is -2.43. The Balaban J connectivity index is 1.44. The van der Waals surface area contributed by atoms with Gasteiger partial charge in [-0.3, -0.25) is 4.79 Å². The molecular weight excluding hydrogens is 402 g/mol. The summed E-state index contributed by atoms with van der Waals surface area (Å²) in [6.45, 7) is 5.94. The molecule has 8 nitrogen and oxygen atoms in total. The largest absolute Gasteiger partial charge is 0.369 e. The number of hydrogen-bond acceptors (Lipinski definition) is 5. The summed E-state index contributed by atoms with van der Waals surface area (Å²) in [4.78, 5) is 33.8. The van der Waals surface area contributed by atoms with Crippen molar-refractivity contribution in [1.29, 1.82) is 0 Å². The van der Waals surface area contributed by atoms with E-state index in [1.165, 1.54) is 5.69 Å². The monoisotopic (exact) mass is 425 g/mol. The summed E-state index contributed by atoms with van der Waals surface area (Å²) in [5.74, 6) is 0.566. The maximum Gasteiger partial charge on any atom is 0.259 e. The predicted molar refractivity (Wildman–Crippen MR) is 127 cm³/mol. The Hall–Kier alpha value is -3.91. The van der Waals surface area contributed by atoms with Crippen molar-refractivity contribution in [2.75, 3.05) is 31.1 Å². The van der Waals surface area contributed by atoms with E-state index in [9.17, 15) is 4.79 Å². The summed E-state index contributed by atoms with van der Waals surface area (Å²) < 4.78 is 0. The van der Waals surface area contributed by atoms with Crippen LogP contribution in [0, 0.1) is 6.92 Å². The Morgan fingerprint density at radius 2 is 1.94 bits per heavy atom. The van der Waals surface area contributed by atoms with Gasteiger partial charge in [0.2, 0.25) is 0 Å². The molecule has 6 rings (SSSR count). The van der Waals surface area contributed by atoms with Gasteiger partial charge in [0.05, 0.1) is 16.6 Å². The van der Waals surface area contributed by atoms with Crippen LogP contribution in [0.4, 0.5) is 5.69 Å². The Bertz CT molecular complexity index is 1500. The third kappa shape index (κ3) is 3.07. The van der Waals surface area contributed by atoms with Gasteiger partial charge >= 0.3 is 0 Å². The average Bonchev–Trinajstić information content (AvgIpc) is 3.39. The molecule has 1 aromatic carbocycles. The third-order valence-corrected chi connectivity index (χ3v) is 6.15. The molecule has 4 aromatic heterocycles. The summed E-state index contributed by atoms with van der Waals surface area (Å²) in [7, 11) is 0. The Kier molecular flexibility index (Phi) is 4.32. The highest BCUT2D eigenvalue weighted by molar-refractivity contribution is 5.96. The minimum absolute atomic E-state index is 0.175. The first kappa shape index (κ1) is 18.8. The lowest BCUT2D eigenvalue weighted by Gasteiger charge is -2.29. The zero-order valence-corrected chi connectivity index (χ0v) is 17.7. The van der Waals surface area contributed by atoms with Gasteiger partial charge in [0.25, 0.3) is 5.56 Å². The van der Waals surface area contributed by atoms with Crippen LogP contribution in [0.2, 0.25) is 0 Å². The number of piperazine rings is 1. The molecular formula is C24H23N7O. The SMILES string of the molecule is Cc1[nH]c2ncccc2c1-c1c[nH]c(=O)c(-c2nc3ccc(N4CCNCC4)cc3[nH]2)c1. The van der Waals surface area contributed by atoms with Crippen molar-refractivity contribution in [3.05, 3.63) is 64.8 Å². The van der Waals surface area contributed by atoms with Crippen LogP contribution < -0.4 is 15.8 Å². The molecule has 0 bridgehead atoms. The number of hydrogen-bond donors (Lipinski definition) is 4. The molecule has 160 valence electrons. The lowest BCUT2D eigenvalue weighted by atomic mass is 10.0. The number of aromatic amines is 3. The van der Waals surface area contributed by atoms with Gasteiger partial charge in [-0.15, -0.1) is 0 Å². The second-order valence-corrected chi connectivity index (χ2v) is 8.18. The fourth-order valence-corrected chi connectivity index (χ4v) is 4.57. The van der Waals surface area contributed by atoms with Crippen LogP contribution in [0.1, 0.15) is 5.69 Å². The van der Waals surface area contributed by atoms with E-state index in [1.54, 1.807) is 12.4 Å². The standard InChI is InChI=1S/C24H23N7O/c1-14-21(17-3-2-6-26-22(17)28-14)15-11-18(24(32)27-13-15)23-29-19-5-4-16(12-20(19)30-23)31-9-7-25-8-10-31/h2-6,11-13,25H,7-10H2,1H3,(H,26,28)(H,27,32)(H,29,30). The van der Waals surface area contributed by atoms with Crippen molar-refractivity contribution in [3.8, 4) is 22.5 Å². The molecule has 32 heavy (non-hydrogen) atoms. The van der Waals surface area contributed by atoms with Crippen LogP contribution in [0.25, 0.3) is 44.6 Å². The molecule has 0 amide bonds. The number of imidazole rings is 1. The minimum Gasteiger partial charge on any atom is -0.369 e.